The fraction of sp³-hybridized carbons (Fsp3) is 0.143. The molecule has 0 spiro atoms. The van der Waals surface area contributed by atoms with E-state index in [0.717, 1.165) is 10.0 Å². The molecule has 1 heterocycles. The van der Waals surface area contributed by atoms with Crippen LogP contribution in [-0.2, 0) is 6.54 Å². The van der Waals surface area contributed by atoms with Crippen molar-refractivity contribution in [1.29, 1.82) is 0 Å². The van der Waals surface area contributed by atoms with Crippen molar-refractivity contribution in [3.05, 3.63) is 68.5 Å². The van der Waals surface area contributed by atoms with E-state index in [9.17, 15) is 9.59 Å². The Morgan fingerprint density at radius 1 is 1.26 bits per heavy atom. The highest BCUT2D eigenvalue weighted by atomic mass is 79.9. The second-order valence-corrected chi connectivity index (χ2v) is 5.12. The van der Waals surface area contributed by atoms with Crippen molar-refractivity contribution in [3.8, 4) is 0 Å². The number of amides is 1. The molecule has 1 amide bonds. The number of aromatic amines is 1. The number of rotatable bonds is 3. The first kappa shape index (κ1) is 13.5. The smallest absolute Gasteiger partial charge is 0.260 e. The van der Waals surface area contributed by atoms with Crippen LogP contribution in [0.15, 0.2) is 51.9 Å². The molecule has 2 rings (SSSR count). The summed E-state index contributed by atoms with van der Waals surface area (Å²) in [6, 6.07) is 10.9. The Balaban J connectivity index is 2.14. The highest BCUT2D eigenvalue weighted by molar-refractivity contribution is 9.10. The highest BCUT2D eigenvalue weighted by Crippen LogP contribution is 2.12. The molecule has 98 valence electrons. The average Bonchev–Trinajstić information content (AvgIpc) is 2.41. The number of hydrogen-bond acceptors (Lipinski definition) is 2. The predicted molar refractivity (Wildman–Crippen MR) is 77.0 cm³/mol. The molecule has 0 bridgehead atoms. The topological polar surface area (TPSA) is 53.2 Å². The normalized spacial score (nSPS) is 10.2. The lowest BCUT2D eigenvalue weighted by Crippen LogP contribution is -2.31. The minimum atomic E-state index is -0.366. The van der Waals surface area contributed by atoms with Crippen LogP contribution in [0.3, 0.4) is 0 Å². The van der Waals surface area contributed by atoms with Gasteiger partial charge in [0, 0.05) is 24.3 Å². The molecule has 0 atom stereocenters. The highest BCUT2D eigenvalue weighted by Gasteiger charge is 2.14. The Kier molecular flexibility index (Phi) is 4.16. The third-order valence-electron chi connectivity index (χ3n) is 2.73. The van der Waals surface area contributed by atoms with Crippen molar-refractivity contribution in [2.45, 2.75) is 6.54 Å². The molecule has 1 N–H and O–H groups in total. The van der Waals surface area contributed by atoms with E-state index >= 15 is 0 Å². The van der Waals surface area contributed by atoms with Crippen LogP contribution in [0.2, 0.25) is 0 Å². The molecule has 1 aromatic heterocycles. The van der Waals surface area contributed by atoms with Gasteiger partial charge in [0.1, 0.15) is 5.56 Å². The van der Waals surface area contributed by atoms with Crippen LogP contribution in [0.1, 0.15) is 15.9 Å². The van der Waals surface area contributed by atoms with Gasteiger partial charge in [0.2, 0.25) is 0 Å². The van der Waals surface area contributed by atoms with Crippen LogP contribution in [0, 0.1) is 0 Å². The largest absolute Gasteiger partial charge is 0.337 e. The molecule has 5 heteroatoms. The Bertz CT molecular complexity index is 634. The Morgan fingerprint density at radius 3 is 2.58 bits per heavy atom. The maximum absolute atomic E-state index is 12.1. The fourth-order valence-electron chi connectivity index (χ4n) is 1.73. The molecule has 1 aromatic carbocycles. The number of halogens is 1. The van der Waals surface area contributed by atoms with Gasteiger partial charge in [-0.25, -0.2) is 0 Å². The Hall–Kier alpha value is -1.88. The first-order valence-corrected chi connectivity index (χ1v) is 6.55. The molecule has 0 fully saturated rings. The van der Waals surface area contributed by atoms with Crippen molar-refractivity contribution in [2.24, 2.45) is 0 Å². The molecule has 4 nitrogen and oxygen atoms in total. The summed E-state index contributed by atoms with van der Waals surface area (Å²) in [7, 11) is 1.68. The minimum absolute atomic E-state index is 0.155. The molecule has 0 saturated heterocycles. The number of hydrogen-bond donors (Lipinski definition) is 1. The number of aromatic nitrogens is 1. The molecule has 19 heavy (non-hydrogen) atoms. The summed E-state index contributed by atoms with van der Waals surface area (Å²) in [5.41, 5.74) is 0.795. The average molecular weight is 321 g/mol. The van der Waals surface area contributed by atoms with Crippen LogP contribution in [0.4, 0.5) is 0 Å². The van der Waals surface area contributed by atoms with E-state index in [1.807, 2.05) is 24.3 Å². The monoisotopic (exact) mass is 320 g/mol. The summed E-state index contributed by atoms with van der Waals surface area (Å²) in [5, 5.41) is 0. The van der Waals surface area contributed by atoms with E-state index in [4.69, 9.17) is 0 Å². The van der Waals surface area contributed by atoms with Crippen molar-refractivity contribution < 1.29 is 4.79 Å². The Labute approximate surface area is 119 Å². The molecule has 0 aliphatic rings. The third-order valence-corrected chi connectivity index (χ3v) is 3.26. The van der Waals surface area contributed by atoms with Gasteiger partial charge in [-0.1, -0.05) is 28.1 Å². The molecule has 0 radical (unpaired) electrons. The van der Waals surface area contributed by atoms with Crippen molar-refractivity contribution in [1.82, 2.24) is 9.88 Å². The van der Waals surface area contributed by atoms with E-state index in [1.165, 1.54) is 17.2 Å². The standard InChI is InChI=1S/C14H13BrN2O2/c1-17(9-10-4-6-11(15)7-5-10)14(19)12-3-2-8-16-13(12)18/h2-8H,9H2,1H3,(H,16,18). The number of pyridine rings is 1. The van der Waals surface area contributed by atoms with Gasteiger partial charge in [0.05, 0.1) is 0 Å². The quantitative estimate of drug-likeness (QED) is 0.944. The van der Waals surface area contributed by atoms with Crippen LogP contribution in [0.5, 0.6) is 0 Å². The van der Waals surface area contributed by atoms with Gasteiger partial charge in [-0.2, -0.15) is 0 Å². The van der Waals surface area contributed by atoms with E-state index in [0.29, 0.717) is 6.54 Å². The zero-order valence-corrected chi connectivity index (χ0v) is 12.0. The molecule has 2 aromatic rings. The number of carbonyl (C=O) groups is 1. The zero-order valence-electron chi connectivity index (χ0n) is 10.4. The van der Waals surface area contributed by atoms with Gasteiger partial charge < -0.3 is 9.88 Å². The first-order chi connectivity index (χ1) is 9.08. The second kappa shape index (κ2) is 5.84. The lowest BCUT2D eigenvalue weighted by molar-refractivity contribution is 0.0783. The lowest BCUT2D eigenvalue weighted by atomic mass is 10.2. The summed E-state index contributed by atoms with van der Waals surface area (Å²) >= 11 is 3.36. The summed E-state index contributed by atoms with van der Waals surface area (Å²) in [5.74, 6) is -0.287. The van der Waals surface area contributed by atoms with E-state index < -0.39 is 0 Å². The number of H-pyrrole nitrogens is 1. The molecule has 0 aliphatic carbocycles. The lowest BCUT2D eigenvalue weighted by Gasteiger charge is -2.16. The maximum Gasteiger partial charge on any atom is 0.260 e. The van der Waals surface area contributed by atoms with Gasteiger partial charge in [0.25, 0.3) is 11.5 Å². The maximum atomic E-state index is 12.1. The van der Waals surface area contributed by atoms with Gasteiger partial charge >= 0.3 is 0 Å². The third kappa shape index (κ3) is 3.32. The second-order valence-electron chi connectivity index (χ2n) is 4.20. The summed E-state index contributed by atoms with van der Waals surface area (Å²) in [6.07, 6.45) is 1.51. The van der Waals surface area contributed by atoms with Crippen molar-refractivity contribution in [3.63, 3.8) is 0 Å². The van der Waals surface area contributed by atoms with Crippen LogP contribution in [0.25, 0.3) is 0 Å². The summed E-state index contributed by atoms with van der Waals surface area (Å²) in [6.45, 7) is 0.459. The Morgan fingerprint density at radius 2 is 1.95 bits per heavy atom. The van der Waals surface area contributed by atoms with Gasteiger partial charge in [0.15, 0.2) is 0 Å². The number of nitrogens with one attached hydrogen (secondary N) is 1. The minimum Gasteiger partial charge on any atom is -0.337 e. The first-order valence-electron chi connectivity index (χ1n) is 5.75. The van der Waals surface area contributed by atoms with Crippen LogP contribution in [-0.4, -0.2) is 22.8 Å². The van der Waals surface area contributed by atoms with E-state index in [1.54, 1.807) is 13.1 Å². The van der Waals surface area contributed by atoms with E-state index in [2.05, 4.69) is 20.9 Å². The fourth-order valence-corrected chi connectivity index (χ4v) is 2.00. The van der Waals surface area contributed by atoms with Crippen LogP contribution >= 0.6 is 15.9 Å². The molecular weight excluding hydrogens is 308 g/mol. The number of nitrogens with zero attached hydrogens (tertiary/aromatic N) is 1. The van der Waals surface area contributed by atoms with Crippen LogP contribution < -0.4 is 5.56 Å². The number of carbonyl (C=O) groups excluding carboxylic acids is 1. The van der Waals surface area contributed by atoms with Gasteiger partial charge in [-0.05, 0) is 29.8 Å². The van der Waals surface area contributed by atoms with Gasteiger partial charge in [-0.3, -0.25) is 9.59 Å². The summed E-state index contributed by atoms with van der Waals surface area (Å²) < 4.78 is 0.990. The molecule has 0 saturated carbocycles. The molecule has 0 aliphatic heterocycles. The molecule has 0 unspecified atom stereocenters. The SMILES string of the molecule is CN(Cc1ccc(Br)cc1)C(=O)c1ccc[nH]c1=O. The predicted octanol–water partition coefficient (Wildman–Crippen LogP) is 2.41. The van der Waals surface area contributed by atoms with Crippen molar-refractivity contribution in [2.75, 3.05) is 7.05 Å². The van der Waals surface area contributed by atoms with Gasteiger partial charge in [-0.15, -0.1) is 0 Å². The molecular formula is C14H13BrN2O2. The van der Waals surface area contributed by atoms with Crippen molar-refractivity contribution >= 4 is 21.8 Å². The summed E-state index contributed by atoms with van der Waals surface area (Å²) in [4.78, 5) is 27.7. The number of benzene rings is 1. The zero-order chi connectivity index (χ0) is 13.8. The van der Waals surface area contributed by atoms with E-state index in [-0.39, 0.29) is 17.0 Å².